The van der Waals surface area contributed by atoms with Crippen molar-refractivity contribution in [3.8, 4) is 0 Å². The van der Waals surface area contributed by atoms with Gasteiger partial charge < -0.3 is 9.52 Å². The first-order valence-corrected chi connectivity index (χ1v) is 8.04. The summed E-state index contributed by atoms with van der Waals surface area (Å²) in [5.41, 5.74) is 1.02. The molecule has 1 saturated carbocycles. The second-order valence-corrected chi connectivity index (χ2v) is 6.59. The number of hydrogen-bond acceptors (Lipinski definition) is 3. The van der Waals surface area contributed by atoms with Gasteiger partial charge in [0.15, 0.2) is 0 Å². The van der Waals surface area contributed by atoms with E-state index in [4.69, 9.17) is 9.52 Å². The molecule has 0 spiro atoms. The highest BCUT2D eigenvalue weighted by atomic mass is 16.4. The molecule has 1 heterocycles. The number of aryl methyl sites for hydroxylation is 1. The average Bonchev–Trinajstić information content (AvgIpc) is 3.04. The van der Waals surface area contributed by atoms with Crippen LogP contribution in [0.15, 0.2) is 10.5 Å². The van der Waals surface area contributed by atoms with Crippen molar-refractivity contribution in [2.24, 2.45) is 5.92 Å². The van der Waals surface area contributed by atoms with Crippen molar-refractivity contribution in [2.45, 2.75) is 65.5 Å². The highest BCUT2D eigenvalue weighted by Gasteiger charge is 2.24. The van der Waals surface area contributed by atoms with E-state index in [1.165, 1.54) is 32.1 Å². The molecule has 118 valence electrons. The van der Waals surface area contributed by atoms with Crippen LogP contribution in [0, 0.1) is 12.8 Å². The molecule has 1 N–H and O–H groups in total. The molecule has 1 aromatic rings. The summed E-state index contributed by atoms with van der Waals surface area (Å²) in [4.78, 5) is 13.5. The second kappa shape index (κ2) is 7.12. The fourth-order valence-electron chi connectivity index (χ4n) is 3.09. The van der Waals surface area contributed by atoms with Crippen LogP contribution in [-0.2, 0) is 6.54 Å². The Morgan fingerprint density at radius 1 is 1.43 bits per heavy atom. The van der Waals surface area contributed by atoms with Crippen molar-refractivity contribution in [2.75, 3.05) is 6.54 Å². The van der Waals surface area contributed by atoms with Crippen LogP contribution in [-0.4, -0.2) is 28.6 Å². The van der Waals surface area contributed by atoms with Gasteiger partial charge in [-0.15, -0.1) is 0 Å². The topological polar surface area (TPSA) is 53.7 Å². The van der Waals surface area contributed by atoms with Crippen LogP contribution < -0.4 is 0 Å². The van der Waals surface area contributed by atoms with Gasteiger partial charge in [-0.1, -0.05) is 26.7 Å². The third-order valence-electron chi connectivity index (χ3n) is 4.44. The molecule has 0 unspecified atom stereocenters. The Morgan fingerprint density at radius 3 is 2.62 bits per heavy atom. The molecule has 0 aliphatic heterocycles. The van der Waals surface area contributed by atoms with Crippen molar-refractivity contribution in [3.05, 3.63) is 23.2 Å². The number of carboxylic acids is 1. The number of rotatable bonds is 7. The molecule has 4 nitrogen and oxygen atoms in total. The van der Waals surface area contributed by atoms with Gasteiger partial charge in [-0.05, 0) is 44.7 Å². The molecule has 1 aliphatic carbocycles. The third kappa shape index (κ3) is 4.34. The lowest BCUT2D eigenvalue weighted by molar-refractivity contribution is 0.0661. The monoisotopic (exact) mass is 293 g/mol. The van der Waals surface area contributed by atoms with Gasteiger partial charge in [0, 0.05) is 18.2 Å². The molecule has 1 aliphatic rings. The minimum Gasteiger partial charge on any atom is -0.475 e. The van der Waals surface area contributed by atoms with Gasteiger partial charge in [0.25, 0.3) is 0 Å². The van der Waals surface area contributed by atoms with Crippen molar-refractivity contribution >= 4 is 5.97 Å². The Kier molecular flexibility index (Phi) is 5.45. The summed E-state index contributed by atoms with van der Waals surface area (Å²) < 4.78 is 5.34. The molecule has 0 bridgehead atoms. The normalized spacial score (nSPS) is 16.2. The van der Waals surface area contributed by atoms with Crippen LogP contribution in [0.25, 0.3) is 0 Å². The van der Waals surface area contributed by atoms with Crippen LogP contribution in [0.3, 0.4) is 0 Å². The molecule has 4 heteroatoms. The minimum atomic E-state index is -0.987. The van der Waals surface area contributed by atoms with Crippen molar-refractivity contribution < 1.29 is 14.3 Å². The van der Waals surface area contributed by atoms with E-state index >= 15 is 0 Å². The van der Waals surface area contributed by atoms with Crippen molar-refractivity contribution in [3.63, 3.8) is 0 Å². The quantitative estimate of drug-likeness (QED) is 0.823. The summed E-state index contributed by atoms with van der Waals surface area (Å²) in [7, 11) is 0. The molecule has 0 aromatic carbocycles. The lowest BCUT2D eigenvalue weighted by Gasteiger charge is -2.29. The zero-order valence-corrected chi connectivity index (χ0v) is 13.4. The Bertz CT molecular complexity index is 472. The number of furan rings is 1. The molecule has 2 rings (SSSR count). The van der Waals surface area contributed by atoms with Crippen LogP contribution in [0.2, 0.25) is 0 Å². The first-order chi connectivity index (χ1) is 9.97. The summed E-state index contributed by atoms with van der Waals surface area (Å²) in [5, 5.41) is 9.04. The summed E-state index contributed by atoms with van der Waals surface area (Å²) in [6, 6.07) is 2.33. The first-order valence-electron chi connectivity index (χ1n) is 8.04. The number of aromatic carboxylic acids is 1. The third-order valence-corrected chi connectivity index (χ3v) is 4.44. The van der Waals surface area contributed by atoms with Gasteiger partial charge in [0.05, 0.1) is 0 Å². The molecule has 0 saturated heterocycles. The van der Waals surface area contributed by atoms with E-state index in [9.17, 15) is 4.79 Å². The van der Waals surface area contributed by atoms with Crippen LogP contribution in [0.4, 0.5) is 0 Å². The van der Waals surface area contributed by atoms with Gasteiger partial charge in [-0.25, -0.2) is 4.79 Å². The number of carbonyl (C=O) groups is 1. The van der Waals surface area contributed by atoms with Gasteiger partial charge >= 0.3 is 5.97 Å². The van der Waals surface area contributed by atoms with Gasteiger partial charge in [-0.3, -0.25) is 4.90 Å². The fourth-order valence-corrected chi connectivity index (χ4v) is 3.09. The van der Waals surface area contributed by atoms with Gasteiger partial charge in [0.2, 0.25) is 5.76 Å². The van der Waals surface area contributed by atoms with E-state index in [1.54, 1.807) is 6.07 Å². The predicted octanol–water partition coefficient (Wildman–Crippen LogP) is 4.08. The Morgan fingerprint density at radius 2 is 2.10 bits per heavy atom. The zero-order valence-electron chi connectivity index (χ0n) is 13.4. The van der Waals surface area contributed by atoms with Gasteiger partial charge in [0.1, 0.15) is 5.76 Å². The zero-order chi connectivity index (χ0) is 15.4. The summed E-state index contributed by atoms with van der Waals surface area (Å²) in [5.74, 6) is 0.491. The lowest BCUT2D eigenvalue weighted by Crippen LogP contribution is -2.34. The largest absolute Gasteiger partial charge is 0.475 e. The van der Waals surface area contributed by atoms with Crippen LogP contribution in [0.5, 0.6) is 0 Å². The Labute approximate surface area is 127 Å². The van der Waals surface area contributed by atoms with Crippen LogP contribution in [0.1, 0.15) is 67.8 Å². The van der Waals surface area contributed by atoms with E-state index in [2.05, 4.69) is 18.7 Å². The first kappa shape index (κ1) is 16.1. The standard InChI is InChI=1S/C17H27NO3/c1-12(2)8-9-18(15-6-4-5-7-15)11-14-10-16(17(19)20)21-13(14)3/h10,12,15H,4-9,11H2,1-3H3,(H,19,20). The fraction of sp³-hybridized carbons (Fsp3) is 0.706. The second-order valence-electron chi connectivity index (χ2n) is 6.59. The maximum atomic E-state index is 11.0. The molecule has 1 aromatic heterocycles. The summed E-state index contributed by atoms with van der Waals surface area (Å²) in [6.45, 7) is 8.24. The van der Waals surface area contributed by atoms with E-state index in [1.807, 2.05) is 6.92 Å². The molecule has 1 fully saturated rings. The molecular formula is C17H27NO3. The maximum absolute atomic E-state index is 11.0. The molecule has 0 amide bonds. The number of carboxylic acid groups (broad SMARTS) is 1. The molecule has 0 radical (unpaired) electrons. The number of nitrogens with zero attached hydrogens (tertiary/aromatic N) is 1. The lowest BCUT2D eigenvalue weighted by atomic mass is 10.1. The Hall–Kier alpha value is -1.29. The minimum absolute atomic E-state index is 0.0535. The Balaban J connectivity index is 2.07. The molecule has 21 heavy (non-hydrogen) atoms. The highest BCUT2D eigenvalue weighted by Crippen LogP contribution is 2.27. The van der Waals surface area contributed by atoms with E-state index < -0.39 is 5.97 Å². The summed E-state index contributed by atoms with van der Waals surface area (Å²) >= 11 is 0. The van der Waals surface area contributed by atoms with Crippen LogP contribution >= 0.6 is 0 Å². The maximum Gasteiger partial charge on any atom is 0.371 e. The van der Waals surface area contributed by atoms with Crippen molar-refractivity contribution in [1.82, 2.24) is 4.90 Å². The highest BCUT2D eigenvalue weighted by molar-refractivity contribution is 5.84. The SMILES string of the molecule is Cc1oc(C(=O)O)cc1CN(CCC(C)C)C1CCCC1. The number of hydrogen-bond donors (Lipinski definition) is 1. The van der Waals surface area contributed by atoms with E-state index in [-0.39, 0.29) is 5.76 Å². The van der Waals surface area contributed by atoms with E-state index in [0.717, 1.165) is 24.4 Å². The summed E-state index contributed by atoms with van der Waals surface area (Å²) in [6.07, 6.45) is 6.34. The predicted molar refractivity (Wildman–Crippen MR) is 82.5 cm³/mol. The smallest absolute Gasteiger partial charge is 0.371 e. The van der Waals surface area contributed by atoms with Crippen molar-refractivity contribution in [1.29, 1.82) is 0 Å². The molecular weight excluding hydrogens is 266 g/mol. The van der Waals surface area contributed by atoms with Gasteiger partial charge in [-0.2, -0.15) is 0 Å². The average molecular weight is 293 g/mol. The molecule has 0 atom stereocenters. The van der Waals surface area contributed by atoms with E-state index in [0.29, 0.717) is 12.0 Å².